The van der Waals surface area contributed by atoms with E-state index in [1.807, 2.05) is 30.3 Å². The summed E-state index contributed by atoms with van der Waals surface area (Å²) in [6.07, 6.45) is 2.54. The van der Waals surface area contributed by atoms with E-state index in [-0.39, 0.29) is 11.4 Å². The van der Waals surface area contributed by atoms with Gasteiger partial charge in [-0.15, -0.1) is 6.58 Å². The summed E-state index contributed by atoms with van der Waals surface area (Å²) in [6.45, 7) is 7.31. The summed E-state index contributed by atoms with van der Waals surface area (Å²) in [6, 6.07) is 10.1. The first-order chi connectivity index (χ1) is 14.9. The van der Waals surface area contributed by atoms with Gasteiger partial charge in [-0.05, 0) is 25.8 Å². The Morgan fingerprint density at radius 3 is 2.58 bits per heavy atom. The maximum absolute atomic E-state index is 12.5. The molecular formula is C23H28N2O6. The summed E-state index contributed by atoms with van der Waals surface area (Å²) in [5.74, 6) is -1.67. The van der Waals surface area contributed by atoms with Crippen molar-refractivity contribution in [2.24, 2.45) is 0 Å². The molecule has 0 saturated carbocycles. The van der Waals surface area contributed by atoms with Crippen LogP contribution in [0, 0.1) is 0 Å². The molecule has 0 aliphatic carbocycles. The summed E-state index contributed by atoms with van der Waals surface area (Å²) >= 11 is 0. The van der Waals surface area contributed by atoms with E-state index in [9.17, 15) is 14.7 Å². The number of nitrogens with zero attached hydrogens (tertiary/aromatic N) is 1. The predicted octanol–water partition coefficient (Wildman–Crippen LogP) is 3.01. The van der Waals surface area contributed by atoms with E-state index in [1.54, 1.807) is 13.0 Å². The fourth-order valence-corrected chi connectivity index (χ4v) is 2.79. The third-order valence-corrected chi connectivity index (χ3v) is 4.55. The lowest BCUT2D eigenvalue weighted by atomic mass is 10.1. The Morgan fingerprint density at radius 2 is 1.94 bits per heavy atom. The van der Waals surface area contributed by atoms with Crippen LogP contribution in [0.3, 0.4) is 0 Å². The van der Waals surface area contributed by atoms with Crippen molar-refractivity contribution in [1.29, 1.82) is 0 Å². The van der Waals surface area contributed by atoms with Gasteiger partial charge in [0.1, 0.15) is 12.1 Å². The molecule has 0 aliphatic heterocycles. The minimum Gasteiger partial charge on any atom is -0.503 e. The zero-order valence-electron chi connectivity index (χ0n) is 17.9. The summed E-state index contributed by atoms with van der Waals surface area (Å²) in [4.78, 5) is 28.7. The zero-order valence-corrected chi connectivity index (χ0v) is 17.9. The number of methoxy groups -OCH3 is 1. The summed E-state index contributed by atoms with van der Waals surface area (Å²) in [7, 11) is 1.36. The average molecular weight is 428 g/mol. The highest BCUT2D eigenvalue weighted by Crippen LogP contribution is 2.27. The fourth-order valence-electron chi connectivity index (χ4n) is 2.79. The topological polar surface area (TPSA) is 107 Å². The molecular weight excluding hydrogens is 400 g/mol. The van der Waals surface area contributed by atoms with Gasteiger partial charge >= 0.3 is 5.97 Å². The largest absolute Gasteiger partial charge is 0.503 e. The van der Waals surface area contributed by atoms with E-state index in [2.05, 4.69) is 16.9 Å². The van der Waals surface area contributed by atoms with Crippen LogP contribution in [0.2, 0.25) is 0 Å². The van der Waals surface area contributed by atoms with Gasteiger partial charge in [0.25, 0.3) is 5.91 Å². The van der Waals surface area contributed by atoms with Gasteiger partial charge in [0, 0.05) is 12.3 Å². The second kappa shape index (κ2) is 11.7. The Bertz CT molecular complexity index is 887. The van der Waals surface area contributed by atoms with Crippen molar-refractivity contribution in [2.45, 2.75) is 45.1 Å². The highest BCUT2D eigenvalue weighted by atomic mass is 16.6. The molecule has 0 bridgehead atoms. The molecule has 1 aromatic carbocycles. The summed E-state index contributed by atoms with van der Waals surface area (Å²) in [5, 5.41) is 12.5. The second-order valence-corrected chi connectivity index (χ2v) is 6.91. The summed E-state index contributed by atoms with van der Waals surface area (Å²) < 4.78 is 16.4. The van der Waals surface area contributed by atoms with E-state index < -0.39 is 35.9 Å². The van der Waals surface area contributed by atoms with Crippen molar-refractivity contribution in [1.82, 2.24) is 10.3 Å². The molecule has 166 valence electrons. The minimum atomic E-state index is -0.971. The van der Waals surface area contributed by atoms with Crippen molar-refractivity contribution in [2.75, 3.05) is 7.11 Å². The van der Waals surface area contributed by atoms with Gasteiger partial charge in [-0.3, -0.25) is 4.79 Å². The van der Waals surface area contributed by atoms with Crippen LogP contribution in [0.15, 0.2) is 55.3 Å². The number of pyridine rings is 1. The van der Waals surface area contributed by atoms with Crippen LogP contribution in [0.5, 0.6) is 11.5 Å². The molecule has 1 heterocycles. The molecule has 8 heteroatoms. The van der Waals surface area contributed by atoms with E-state index in [1.165, 1.54) is 26.3 Å². The Hall–Kier alpha value is -3.39. The molecule has 8 nitrogen and oxygen atoms in total. The molecule has 2 rings (SSSR count). The molecule has 1 amide bonds. The number of nitrogens with one attached hydrogen (secondary N) is 1. The Morgan fingerprint density at radius 1 is 1.23 bits per heavy atom. The Balaban J connectivity index is 1.94. The van der Waals surface area contributed by atoms with Crippen LogP contribution in [0.25, 0.3) is 0 Å². The van der Waals surface area contributed by atoms with Gasteiger partial charge in [-0.1, -0.05) is 36.4 Å². The number of hydrogen-bond donors (Lipinski definition) is 2. The van der Waals surface area contributed by atoms with E-state index >= 15 is 0 Å². The standard InChI is InChI=1S/C23H28N2O6/c1-5-9-18(30-14-17-10-7-6-8-11-17)16(3)31-23(28)15(2)25-22(27)20-21(26)19(29-4)12-13-24-20/h5-8,10-13,15-16,18,26H,1,9,14H2,2-4H3,(H,25,27)/t15-,16-,18+/m0/s1. The van der Waals surface area contributed by atoms with Crippen molar-refractivity contribution in [3.05, 3.63) is 66.5 Å². The molecule has 31 heavy (non-hydrogen) atoms. The quantitative estimate of drug-likeness (QED) is 0.418. The van der Waals surface area contributed by atoms with Crippen molar-refractivity contribution in [3.8, 4) is 11.5 Å². The van der Waals surface area contributed by atoms with Crippen molar-refractivity contribution in [3.63, 3.8) is 0 Å². The van der Waals surface area contributed by atoms with Crippen LogP contribution in [-0.4, -0.2) is 47.3 Å². The highest BCUT2D eigenvalue weighted by Gasteiger charge is 2.26. The number of carbonyl (C=O) groups is 2. The number of hydrogen-bond acceptors (Lipinski definition) is 7. The third kappa shape index (κ3) is 6.82. The molecule has 0 radical (unpaired) electrons. The fraction of sp³-hybridized carbons (Fsp3) is 0.348. The van der Waals surface area contributed by atoms with Crippen LogP contribution < -0.4 is 10.1 Å². The molecule has 0 unspecified atom stereocenters. The van der Waals surface area contributed by atoms with Gasteiger partial charge < -0.3 is 24.6 Å². The van der Waals surface area contributed by atoms with Crippen LogP contribution in [-0.2, 0) is 20.9 Å². The lowest BCUT2D eigenvalue weighted by molar-refractivity contribution is -0.158. The number of rotatable bonds is 11. The number of carbonyl (C=O) groups excluding carboxylic acids is 2. The van der Waals surface area contributed by atoms with Gasteiger partial charge in [0.15, 0.2) is 17.2 Å². The van der Waals surface area contributed by atoms with Gasteiger partial charge in [0.2, 0.25) is 0 Å². The normalized spacial score (nSPS) is 13.5. The first kappa shape index (κ1) is 23.9. The van der Waals surface area contributed by atoms with E-state index in [0.717, 1.165) is 5.56 Å². The molecule has 2 N–H and O–H groups in total. The third-order valence-electron chi connectivity index (χ3n) is 4.55. The zero-order chi connectivity index (χ0) is 22.8. The molecule has 1 aromatic heterocycles. The maximum Gasteiger partial charge on any atom is 0.328 e. The minimum absolute atomic E-state index is 0.104. The van der Waals surface area contributed by atoms with Gasteiger partial charge in [0.05, 0.1) is 19.8 Å². The van der Waals surface area contributed by atoms with Crippen molar-refractivity contribution >= 4 is 11.9 Å². The predicted molar refractivity (Wildman–Crippen MR) is 115 cm³/mol. The molecule has 2 aromatic rings. The Labute approximate surface area is 181 Å². The lowest BCUT2D eigenvalue weighted by Crippen LogP contribution is -2.42. The number of aromatic hydroxyl groups is 1. The number of ether oxygens (including phenoxy) is 3. The molecule has 0 spiro atoms. The number of esters is 1. The molecule has 0 aliphatic rings. The first-order valence-electron chi connectivity index (χ1n) is 9.87. The highest BCUT2D eigenvalue weighted by molar-refractivity contribution is 5.97. The number of benzene rings is 1. The smallest absolute Gasteiger partial charge is 0.328 e. The molecule has 3 atom stereocenters. The van der Waals surface area contributed by atoms with Gasteiger partial charge in [-0.25, -0.2) is 9.78 Å². The van der Waals surface area contributed by atoms with E-state index in [0.29, 0.717) is 13.0 Å². The van der Waals surface area contributed by atoms with E-state index in [4.69, 9.17) is 14.2 Å². The van der Waals surface area contributed by atoms with Crippen molar-refractivity contribution < 1.29 is 28.9 Å². The van der Waals surface area contributed by atoms with Crippen LogP contribution in [0.4, 0.5) is 0 Å². The summed E-state index contributed by atoms with van der Waals surface area (Å²) in [5.41, 5.74) is 0.754. The van der Waals surface area contributed by atoms with Crippen LogP contribution in [0.1, 0.15) is 36.3 Å². The molecule has 0 saturated heterocycles. The number of amides is 1. The Kier molecular flexibility index (Phi) is 9.02. The first-order valence-corrected chi connectivity index (χ1v) is 9.87. The van der Waals surface area contributed by atoms with Gasteiger partial charge in [-0.2, -0.15) is 0 Å². The monoisotopic (exact) mass is 428 g/mol. The molecule has 0 fully saturated rings. The maximum atomic E-state index is 12.5. The number of aromatic nitrogens is 1. The second-order valence-electron chi connectivity index (χ2n) is 6.91. The lowest BCUT2D eigenvalue weighted by Gasteiger charge is -2.25. The SMILES string of the molecule is C=CC[C@@H](OCc1ccccc1)[C@H](C)OC(=O)[C@H](C)NC(=O)c1nccc(OC)c1O. The van der Waals surface area contributed by atoms with Crippen LogP contribution >= 0.6 is 0 Å². The average Bonchev–Trinajstić information content (AvgIpc) is 2.77.